The van der Waals surface area contributed by atoms with Crippen molar-refractivity contribution in [3.8, 4) is 45.6 Å². The first kappa shape index (κ1) is 32.4. The molecule has 8 nitrogen and oxygen atoms in total. The summed E-state index contributed by atoms with van der Waals surface area (Å²) >= 11 is 0. The number of benzene rings is 8. The third kappa shape index (κ3) is 4.63. The fourth-order valence-electron chi connectivity index (χ4n) is 8.86. The maximum Gasteiger partial charge on any atom is 0.165 e. The van der Waals surface area contributed by atoms with E-state index in [0.29, 0.717) is 45.9 Å². The van der Waals surface area contributed by atoms with Gasteiger partial charge in [0.15, 0.2) is 23.3 Å². The Morgan fingerprint density at radius 2 is 0.638 bits per heavy atom. The highest BCUT2D eigenvalue weighted by Crippen LogP contribution is 2.43. The molecule has 3 aromatic heterocycles. The van der Waals surface area contributed by atoms with E-state index in [9.17, 15) is 0 Å². The molecule has 0 amide bonds. The predicted octanol–water partition coefficient (Wildman–Crippen LogP) is 12.5. The van der Waals surface area contributed by atoms with Gasteiger partial charge in [0, 0.05) is 43.8 Å². The second kappa shape index (κ2) is 12.3. The molecule has 13 rings (SSSR count). The van der Waals surface area contributed by atoms with Crippen LogP contribution in [0, 0.1) is 0 Å². The van der Waals surface area contributed by atoms with Gasteiger partial charge >= 0.3 is 0 Å². The van der Waals surface area contributed by atoms with E-state index in [1.54, 1.807) is 0 Å². The van der Waals surface area contributed by atoms with Crippen LogP contribution in [0.25, 0.3) is 133 Å². The third-order valence-corrected chi connectivity index (χ3v) is 11.4. The van der Waals surface area contributed by atoms with Crippen molar-refractivity contribution in [2.75, 3.05) is 0 Å². The summed E-state index contributed by atoms with van der Waals surface area (Å²) in [7, 11) is 0. The molecule has 0 saturated carbocycles. The summed E-state index contributed by atoms with van der Waals surface area (Å²) in [4.78, 5) is 39.2. The van der Waals surface area contributed by atoms with E-state index in [1.807, 2.05) is 13.8 Å². The van der Waals surface area contributed by atoms with E-state index in [0.717, 1.165) is 86.9 Å². The number of hydrogen-bond acceptors (Lipinski definition) is 6. The number of fused-ring (bicyclic) bond motifs is 28. The van der Waals surface area contributed by atoms with Crippen LogP contribution in [0.4, 0.5) is 0 Å². The molecule has 2 N–H and O–H groups in total. The van der Waals surface area contributed by atoms with Crippen LogP contribution in [0.5, 0.6) is 0 Å². The fourth-order valence-corrected chi connectivity index (χ4v) is 8.86. The van der Waals surface area contributed by atoms with E-state index in [2.05, 4.69) is 156 Å². The molecule has 0 spiro atoms. The second-order valence-electron chi connectivity index (χ2n) is 14.4. The van der Waals surface area contributed by atoms with Crippen LogP contribution in [0.1, 0.15) is 13.8 Å². The zero-order chi connectivity index (χ0) is 38.5. The lowest BCUT2D eigenvalue weighted by molar-refractivity contribution is 1.19. The zero-order valence-corrected chi connectivity index (χ0v) is 31.5. The van der Waals surface area contributed by atoms with Crippen molar-refractivity contribution in [1.82, 2.24) is 39.9 Å². The van der Waals surface area contributed by atoms with Gasteiger partial charge in [-0.3, -0.25) is 0 Å². The Bertz CT molecular complexity index is 3480. The number of aromatic amines is 2. The largest absolute Gasteiger partial charge is 0.324 e. The average molecular weight is 745 g/mol. The van der Waals surface area contributed by atoms with Crippen LogP contribution in [0.15, 0.2) is 146 Å². The molecule has 2 aliphatic heterocycles. The van der Waals surface area contributed by atoms with E-state index in [-0.39, 0.29) is 0 Å². The monoisotopic (exact) mass is 744 g/mol. The average Bonchev–Trinajstić information content (AvgIpc) is 4.02. The molecule has 8 bridgehead atoms. The highest BCUT2D eigenvalue weighted by Gasteiger charge is 2.25. The van der Waals surface area contributed by atoms with Crippen molar-refractivity contribution in [2.45, 2.75) is 13.8 Å². The van der Waals surface area contributed by atoms with Crippen molar-refractivity contribution >= 4 is 87.2 Å². The lowest BCUT2D eigenvalue weighted by atomic mass is 9.99. The summed E-state index contributed by atoms with van der Waals surface area (Å²) in [5, 5.41) is 12.5. The molecule has 0 unspecified atom stereocenters. The van der Waals surface area contributed by atoms with Crippen molar-refractivity contribution < 1.29 is 0 Å². The Balaban J connectivity index is 0.00000181. The first-order valence-electron chi connectivity index (χ1n) is 19.6. The molecule has 0 fully saturated rings. The summed E-state index contributed by atoms with van der Waals surface area (Å²) < 4.78 is 0. The number of nitrogens with zero attached hydrogens (tertiary/aromatic N) is 6. The van der Waals surface area contributed by atoms with Gasteiger partial charge in [0.25, 0.3) is 0 Å². The summed E-state index contributed by atoms with van der Waals surface area (Å²) in [6.07, 6.45) is 0. The van der Waals surface area contributed by atoms with Crippen LogP contribution in [0.2, 0.25) is 0 Å². The number of aromatic nitrogens is 8. The lowest BCUT2D eigenvalue weighted by Crippen LogP contribution is -1.85. The van der Waals surface area contributed by atoms with Crippen molar-refractivity contribution in [3.05, 3.63) is 146 Å². The molecule has 58 heavy (non-hydrogen) atoms. The van der Waals surface area contributed by atoms with Gasteiger partial charge < -0.3 is 9.97 Å². The number of nitrogens with one attached hydrogen (secondary N) is 2. The van der Waals surface area contributed by atoms with Gasteiger partial charge in [0.2, 0.25) is 0 Å². The molecule has 272 valence electrons. The molecule has 8 aromatic carbocycles. The van der Waals surface area contributed by atoms with Crippen molar-refractivity contribution in [3.63, 3.8) is 0 Å². The molecular formula is C50H32N8. The highest BCUT2D eigenvalue weighted by molar-refractivity contribution is 6.20. The normalized spacial score (nSPS) is 12.0. The van der Waals surface area contributed by atoms with Crippen LogP contribution in [-0.4, -0.2) is 39.9 Å². The summed E-state index contributed by atoms with van der Waals surface area (Å²) in [5.41, 5.74) is 6.40. The maximum atomic E-state index is 5.36. The summed E-state index contributed by atoms with van der Waals surface area (Å²) in [6, 6.07) is 50.5. The number of rotatable bonds is 0. The Kier molecular flexibility index (Phi) is 6.89. The van der Waals surface area contributed by atoms with Crippen LogP contribution in [-0.2, 0) is 0 Å². The first-order chi connectivity index (χ1) is 28.7. The van der Waals surface area contributed by atoms with Gasteiger partial charge in [-0.15, -0.1) is 0 Å². The minimum atomic E-state index is 0.579. The molecule has 8 heteroatoms. The van der Waals surface area contributed by atoms with Gasteiger partial charge in [-0.1, -0.05) is 135 Å². The fraction of sp³-hybridized carbons (Fsp3) is 0.0400. The van der Waals surface area contributed by atoms with Gasteiger partial charge in [0.1, 0.15) is 22.6 Å². The van der Waals surface area contributed by atoms with Crippen molar-refractivity contribution in [1.29, 1.82) is 0 Å². The number of hydrogen-bond donors (Lipinski definition) is 2. The molecule has 11 aromatic rings. The summed E-state index contributed by atoms with van der Waals surface area (Å²) in [5.74, 6) is 2.33. The Morgan fingerprint density at radius 1 is 0.293 bits per heavy atom. The SMILES string of the molecule is CC.c1ccc2c3c(ccc2c1)-c1nc-3nc2[nH]c(nc3nc(nc4[nH]c(n1)c1c5ccccc5ccc41)-c1c-3ccc3ccccc13)c1c3ccccc3ccc21. The lowest BCUT2D eigenvalue weighted by Gasteiger charge is -2.04. The van der Waals surface area contributed by atoms with Crippen molar-refractivity contribution in [2.24, 2.45) is 0 Å². The standard InChI is InChI=1S/C48H26N8.C2H6/c1-5-13-29-25(9-1)17-21-33-37(29)45-49-41(33)54-46-39-31-15-7-3-11-27(31)19-23-35(39)43(51-46)56-48-40-32-16-8-4-12-28(32)20-24-36(40)44(52-48)55-47-38-30-14-6-2-10-26(30)18-22-34(38)42(50-47)53-45;1-2/h1-24H,(H2,49,50,51,52,53,54,55,56);1-2H3. The van der Waals surface area contributed by atoms with E-state index >= 15 is 0 Å². The Hall–Kier alpha value is -7.84. The van der Waals surface area contributed by atoms with Crippen LogP contribution >= 0.6 is 0 Å². The highest BCUT2D eigenvalue weighted by atomic mass is 15.1. The molecule has 5 heterocycles. The molecule has 0 saturated heterocycles. The van der Waals surface area contributed by atoms with E-state index in [1.165, 1.54) is 0 Å². The minimum Gasteiger partial charge on any atom is -0.324 e. The van der Waals surface area contributed by atoms with Gasteiger partial charge in [-0.05, 0) is 67.4 Å². The van der Waals surface area contributed by atoms with Gasteiger partial charge in [-0.2, -0.15) is 0 Å². The van der Waals surface area contributed by atoms with Crippen LogP contribution < -0.4 is 0 Å². The van der Waals surface area contributed by atoms with E-state index in [4.69, 9.17) is 29.9 Å². The Morgan fingerprint density at radius 3 is 1.07 bits per heavy atom. The number of H-pyrrole nitrogens is 2. The summed E-state index contributed by atoms with van der Waals surface area (Å²) in [6.45, 7) is 4.00. The quantitative estimate of drug-likeness (QED) is 0.160. The Labute approximate surface area is 331 Å². The smallest absolute Gasteiger partial charge is 0.165 e. The van der Waals surface area contributed by atoms with Gasteiger partial charge in [-0.25, -0.2) is 29.9 Å². The predicted molar refractivity (Wildman–Crippen MR) is 237 cm³/mol. The third-order valence-electron chi connectivity index (χ3n) is 11.4. The van der Waals surface area contributed by atoms with Crippen LogP contribution in [0.3, 0.4) is 0 Å². The topological polar surface area (TPSA) is 109 Å². The molecule has 0 radical (unpaired) electrons. The molecule has 0 atom stereocenters. The maximum absolute atomic E-state index is 5.36. The molecule has 0 aliphatic carbocycles. The second-order valence-corrected chi connectivity index (χ2v) is 14.4. The molecular weight excluding hydrogens is 713 g/mol. The van der Waals surface area contributed by atoms with Gasteiger partial charge in [0.05, 0.1) is 0 Å². The molecule has 2 aliphatic rings. The zero-order valence-electron chi connectivity index (χ0n) is 31.5. The first-order valence-corrected chi connectivity index (χ1v) is 19.6. The van der Waals surface area contributed by atoms with E-state index < -0.39 is 0 Å². The minimum absolute atomic E-state index is 0.579.